The summed E-state index contributed by atoms with van der Waals surface area (Å²) < 4.78 is 6.01. The van der Waals surface area contributed by atoms with Crippen LogP contribution in [-0.4, -0.2) is 43.9 Å². The molecular weight excluding hydrogens is 350 g/mol. The van der Waals surface area contributed by atoms with Crippen molar-refractivity contribution in [2.45, 2.75) is 31.2 Å². The van der Waals surface area contributed by atoms with E-state index in [1.807, 2.05) is 31.3 Å². The van der Waals surface area contributed by atoms with Crippen molar-refractivity contribution in [3.05, 3.63) is 29.8 Å². The fraction of sp³-hybridized carbons (Fsp3) is 0.500. The van der Waals surface area contributed by atoms with Gasteiger partial charge in [0, 0.05) is 0 Å². The van der Waals surface area contributed by atoms with Gasteiger partial charge < -0.3 is 0 Å². The molecule has 6 heteroatoms. The van der Waals surface area contributed by atoms with Gasteiger partial charge in [-0.2, -0.15) is 0 Å². The number of carbonyl (C=O) groups is 1. The number of amides is 1. The van der Waals surface area contributed by atoms with Gasteiger partial charge in [0.2, 0.25) is 0 Å². The fourth-order valence-corrected chi connectivity index (χ4v) is 6.34. The normalized spacial score (nSPS) is 12.2. The summed E-state index contributed by atoms with van der Waals surface area (Å²) in [5, 5.41) is 0.668. The number of rotatable bonds is 5. The molecule has 0 spiro atoms. The number of hydrogen-bond donors (Lipinski definition) is 0. The molecule has 1 rings (SSSR count). The van der Waals surface area contributed by atoms with Crippen LogP contribution in [0.2, 0.25) is 31.2 Å². The van der Waals surface area contributed by atoms with Gasteiger partial charge in [-0.25, -0.2) is 0 Å². The van der Waals surface area contributed by atoms with Crippen LogP contribution in [0.4, 0.5) is 0 Å². The van der Waals surface area contributed by atoms with Crippen molar-refractivity contribution in [3.8, 4) is 5.75 Å². The number of para-hydroxylation sites is 1. The third-order valence-corrected chi connectivity index (χ3v) is 6.52. The Bertz CT molecular complexity index is 483. The predicted octanol–water partition coefficient (Wildman–Crippen LogP) is 3.96. The monoisotopic (exact) mass is 375 g/mol. The first kappa shape index (κ1) is 17.6. The number of carbonyl (C=O) groups excluding carboxylic acids is 1. The van der Waals surface area contributed by atoms with E-state index in [0.717, 1.165) is 0 Å². The molecule has 0 radical (unpaired) electrons. The molecule has 0 fully saturated rings. The average Bonchev–Trinajstić information content (AvgIpc) is 2.24. The number of nitrogens with zero attached hydrogens (tertiary/aromatic N) is 1. The number of hydrogen-bond acceptors (Lipinski definition) is 2. The quantitative estimate of drug-likeness (QED) is 0.730. The summed E-state index contributed by atoms with van der Waals surface area (Å²) in [4.78, 5) is 14.3. The van der Waals surface area contributed by atoms with Crippen molar-refractivity contribution in [2.24, 2.45) is 0 Å². The van der Waals surface area contributed by atoms with E-state index in [-0.39, 0.29) is 5.91 Å². The van der Waals surface area contributed by atoms with E-state index in [0.29, 0.717) is 16.7 Å². The topological polar surface area (TPSA) is 29.5 Å². The summed E-state index contributed by atoms with van der Waals surface area (Å²) in [5.74, 6) is 4.83. The molecule has 0 aromatic heterocycles. The van der Waals surface area contributed by atoms with Crippen molar-refractivity contribution in [1.82, 2.24) is 4.90 Å². The first-order valence-electron chi connectivity index (χ1n) is 6.72. The standard InChI is InChI=1S/C14H24ClGeNO2Si/c1-16(2,15)11-17(3)14(18)12-9-7-8-10-13(12)19-20(4,5)6/h7-10H,11H2,1-6H3. The van der Waals surface area contributed by atoms with Gasteiger partial charge >= 0.3 is 130 Å². The summed E-state index contributed by atoms with van der Waals surface area (Å²) in [6, 6.07) is 7.45. The Morgan fingerprint density at radius 3 is 2.35 bits per heavy atom. The van der Waals surface area contributed by atoms with E-state index in [9.17, 15) is 4.79 Å². The molecule has 0 bridgehead atoms. The molecule has 0 aliphatic rings. The molecule has 0 unspecified atom stereocenters. The SMILES string of the molecule is CN([CH2][Ge]([CH3])([CH3])[Cl])C(=O)c1ccccc1O[Si](C)(C)C. The van der Waals surface area contributed by atoms with Gasteiger partial charge in [-0.15, -0.1) is 0 Å². The summed E-state index contributed by atoms with van der Waals surface area (Å²) in [6.07, 6.45) is 0. The molecule has 1 aromatic carbocycles. The van der Waals surface area contributed by atoms with Crippen LogP contribution in [0.5, 0.6) is 5.75 Å². The van der Waals surface area contributed by atoms with E-state index in [1.165, 1.54) is 0 Å². The van der Waals surface area contributed by atoms with Gasteiger partial charge in [-0.1, -0.05) is 0 Å². The van der Waals surface area contributed by atoms with Gasteiger partial charge in [-0.3, -0.25) is 0 Å². The Kier molecular flexibility index (Phi) is 5.75. The minimum atomic E-state index is -2.32. The van der Waals surface area contributed by atoms with E-state index in [1.54, 1.807) is 4.90 Å². The van der Waals surface area contributed by atoms with Crippen LogP contribution < -0.4 is 4.43 Å². The second-order valence-corrected chi connectivity index (χ2v) is 24.2. The van der Waals surface area contributed by atoms with Gasteiger partial charge in [0.05, 0.1) is 0 Å². The summed E-state index contributed by atoms with van der Waals surface area (Å²) in [7, 11) is 6.44. The van der Waals surface area contributed by atoms with Crippen LogP contribution in [0.1, 0.15) is 10.4 Å². The maximum absolute atomic E-state index is 12.6. The zero-order chi connectivity index (χ0) is 15.6. The number of benzene rings is 1. The molecule has 0 N–H and O–H groups in total. The van der Waals surface area contributed by atoms with Gasteiger partial charge in [0.15, 0.2) is 0 Å². The Balaban J connectivity index is 2.99. The Morgan fingerprint density at radius 2 is 1.85 bits per heavy atom. The molecular formula is C14H24ClGeNO2Si. The van der Waals surface area contributed by atoms with Crippen molar-refractivity contribution < 1.29 is 9.22 Å². The molecule has 3 nitrogen and oxygen atoms in total. The summed E-state index contributed by atoms with van der Waals surface area (Å²) >= 11 is -2.32. The van der Waals surface area contributed by atoms with Crippen LogP contribution in [0.3, 0.4) is 0 Å². The first-order chi connectivity index (χ1) is 8.99. The average molecular weight is 375 g/mol. The Hall–Kier alpha value is -0.460. The molecule has 1 aromatic rings. The van der Waals surface area contributed by atoms with Gasteiger partial charge in [0.25, 0.3) is 0 Å². The van der Waals surface area contributed by atoms with Crippen LogP contribution in [-0.2, 0) is 0 Å². The molecule has 0 saturated carbocycles. The van der Waals surface area contributed by atoms with Gasteiger partial charge in [-0.05, 0) is 0 Å². The van der Waals surface area contributed by atoms with E-state index in [4.69, 9.17) is 14.4 Å². The summed E-state index contributed by atoms with van der Waals surface area (Å²) in [5.41, 5.74) is 0.626. The predicted molar refractivity (Wildman–Crippen MR) is 90.7 cm³/mol. The van der Waals surface area contributed by atoms with Crippen molar-refractivity contribution >= 4 is 36.6 Å². The van der Waals surface area contributed by atoms with Crippen molar-refractivity contribution in [1.29, 1.82) is 0 Å². The Labute approximate surface area is 129 Å². The van der Waals surface area contributed by atoms with E-state index < -0.39 is 20.7 Å². The Morgan fingerprint density at radius 1 is 1.30 bits per heavy atom. The minimum absolute atomic E-state index is 0.0156. The van der Waals surface area contributed by atoms with Crippen LogP contribution in [0.25, 0.3) is 0 Å². The van der Waals surface area contributed by atoms with Crippen LogP contribution in [0.15, 0.2) is 24.3 Å². The zero-order valence-electron chi connectivity index (χ0n) is 13.2. The van der Waals surface area contributed by atoms with Crippen LogP contribution >= 0.6 is 10.0 Å². The molecule has 112 valence electrons. The maximum atomic E-state index is 12.6. The molecule has 1 amide bonds. The zero-order valence-corrected chi connectivity index (χ0v) is 17.0. The van der Waals surface area contributed by atoms with Crippen molar-refractivity contribution in [2.75, 3.05) is 12.4 Å². The third kappa shape index (κ3) is 5.89. The van der Waals surface area contributed by atoms with Crippen LogP contribution in [0, 0.1) is 0 Å². The fourth-order valence-electron chi connectivity index (χ4n) is 1.90. The van der Waals surface area contributed by atoms with E-state index >= 15 is 0 Å². The molecule has 0 aliphatic carbocycles. The molecule has 20 heavy (non-hydrogen) atoms. The summed E-state index contributed by atoms with van der Waals surface area (Å²) in [6.45, 7) is 6.32. The second kappa shape index (κ2) is 6.54. The second-order valence-electron chi connectivity index (χ2n) is 6.59. The first-order valence-corrected chi connectivity index (χ1v) is 18.6. The molecule has 0 saturated heterocycles. The van der Waals surface area contributed by atoms with E-state index in [2.05, 4.69) is 31.2 Å². The third-order valence-electron chi connectivity index (χ3n) is 2.49. The molecule has 0 heterocycles. The van der Waals surface area contributed by atoms with Gasteiger partial charge in [0.1, 0.15) is 0 Å². The molecule has 0 atom stereocenters. The number of halogens is 1. The van der Waals surface area contributed by atoms with Crippen molar-refractivity contribution in [3.63, 3.8) is 0 Å². The molecule has 0 aliphatic heterocycles.